The molecule has 0 aliphatic carbocycles. The summed E-state index contributed by atoms with van der Waals surface area (Å²) in [6, 6.07) is 0. The molecule has 0 rings (SSSR count). The largest absolute Gasteiger partial charge is 0.472 e. The predicted molar refractivity (Wildman–Crippen MR) is 157 cm³/mol. The highest BCUT2D eigenvalue weighted by Gasteiger charge is 2.26. The van der Waals surface area contributed by atoms with Gasteiger partial charge in [0, 0.05) is 18.6 Å². The molecule has 0 heterocycles. The van der Waals surface area contributed by atoms with Gasteiger partial charge in [0.2, 0.25) is 0 Å². The lowest BCUT2D eigenvalue weighted by Crippen LogP contribution is -2.37. The summed E-state index contributed by atoms with van der Waals surface area (Å²) in [5.41, 5.74) is 0. The quantitative estimate of drug-likeness (QED) is 0.0492. The van der Waals surface area contributed by atoms with Gasteiger partial charge in [-0.15, -0.1) is 0 Å². The van der Waals surface area contributed by atoms with Gasteiger partial charge in [-0.25, -0.2) is 4.57 Å². The van der Waals surface area contributed by atoms with Gasteiger partial charge >= 0.3 is 13.8 Å². The number of thioether (sulfide) groups is 1. The number of phosphoric acid groups is 1. The maximum Gasteiger partial charge on any atom is 0.472 e. The zero-order valence-corrected chi connectivity index (χ0v) is 26.6. The molecule has 0 aliphatic rings. The second-order valence-electron chi connectivity index (χ2n) is 11.1. The van der Waals surface area contributed by atoms with Crippen LogP contribution >= 0.6 is 19.6 Å². The molecule has 0 radical (unpaired) electrons. The number of quaternary nitrogens is 1. The number of rotatable bonds is 26. The Morgan fingerprint density at radius 1 is 0.789 bits per heavy atom. The first-order valence-electron chi connectivity index (χ1n) is 14.8. The Morgan fingerprint density at radius 2 is 1.29 bits per heavy atom. The number of ether oxygens (including phenoxy) is 1. The normalized spacial score (nSPS) is 14.3. The fourth-order valence-corrected chi connectivity index (χ4v) is 5.28. The molecule has 0 aromatic carbocycles. The molecule has 0 aliphatic heterocycles. The Bertz CT molecular complexity index is 658. The molecule has 0 spiro atoms. The minimum absolute atomic E-state index is 0.0399. The van der Waals surface area contributed by atoms with E-state index in [2.05, 4.69) is 13.8 Å². The second-order valence-corrected chi connectivity index (χ2v) is 13.7. The molecule has 0 amide bonds. The molecule has 2 atom stereocenters. The summed E-state index contributed by atoms with van der Waals surface area (Å²) in [4.78, 5) is 34.8. The first-order chi connectivity index (χ1) is 18.0. The van der Waals surface area contributed by atoms with Crippen LogP contribution < -0.4 is 0 Å². The highest BCUT2D eigenvalue weighted by molar-refractivity contribution is 8.13. The van der Waals surface area contributed by atoms with Crippen molar-refractivity contribution in [3.63, 3.8) is 0 Å². The van der Waals surface area contributed by atoms with Gasteiger partial charge in [-0.1, -0.05) is 103 Å². The predicted octanol–water partition coefficient (Wildman–Crippen LogP) is 7.28. The number of carbonyl (C=O) groups excluding carboxylic acids is 2. The lowest BCUT2D eigenvalue weighted by molar-refractivity contribution is -0.870. The molecule has 1 N–H and O–H groups in total. The van der Waals surface area contributed by atoms with Gasteiger partial charge in [0.05, 0.1) is 27.7 Å². The molecule has 10 heteroatoms. The molecular weight excluding hydrogens is 525 g/mol. The van der Waals surface area contributed by atoms with E-state index in [-0.39, 0.29) is 36.5 Å². The summed E-state index contributed by atoms with van der Waals surface area (Å²) < 4.78 is 28.6. The van der Waals surface area contributed by atoms with E-state index in [1.807, 2.05) is 21.1 Å². The Labute approximate surface area is 237 Å². The SMILES string of the molecule is CCCCCCCCCC(=O)OC(COP(=O)(O)OCC[N+](C)(C)C)CSC(=O)CCCCCCCCC. The monoisotopic (exact) mass is 582 g/mol. The average molecular weight is 583 g/mol. The molecule has 0 fully saturated rings. The van der Waals surface area contributed by atoms with Crippen LogP contribution in [-0.4, -0.2) is 73.2 Å². The van der Waals surface area contributed by atoms with Crippen LogP contribution in [0.1, 0.15) is 117 Å². The Hall–Kier alpha value is -0.440. The van der Waals surface area contributed by atoms with Crippen molar-refractivity contribution in [3.8, 4) is 0 Å². The van der Waals surface area contributed by atoms with Crippen molar-refractivity contribution >= 4 is 30.7 Å². The Balaban J connectivity index is 4.58. The van der Waals surface area contributed by atoms with Crippen molar-refractivity contribution < 1.29 is 37.3 Å². The molecular formula is C28H57NO7PS+. The van der Waals surface area contributed by atoms with E-state index in [1.165, 1.54) is 51.4 Å². The number of likely N-dealkylation sites (N-methyl/N-ethyl adjacent to an activating group) is 1. The van der Waals surface area contributed by atoms with Crippen molar-refractivity contribution in [3.05, 3.63) is 0 Å². The van der Waals surface area contributed by atoms with Crippen molar-refractivity contribution in [2.24, 2.45) is 0 Å². The van der Waals surface area contributed by atoms with E-state index in [0.717, 1.165) is 50.3 Å². The topological polar surface area (TPSA) is 99.1 Å². The maximum absolute atomic E-state index is 12.4. The molecule has 8 nitrogen and oxygen atoms in total. The molecule has 226 valence electrons. The Morgan fingerprint density at radius 3 is 1.82 bits per heavy atom. The number of unbranched alkanes of at least 4 members (excludes halogenated alkanes) is 12. The van der Waals surface area contributed by atoms with Gasteiger partial charge in [-0.2, -0.15) is 0 Å². The minimum atomic E-state index is -4.29. The smallest absolute Gasteiger partial charge is 0.459 e. The molecule has 0 aromatic rings. The van der Waals surface area contributed by atoms with Gasteiger partial charge in [0.15, 0.2) is 5.12 Å². The zero-order chi connectivity index (χ0) is 28.7. The van der Waals surface area contributed by atoms with E-state index in [0.29, 0.717) is 17.4 Å². The highest BCUT2D eigenvalue weighted by atomic mass is 32.2. The number of carbonyl (C=O) groups is 2. The minimum Gasteiger partial charge on any atom is -0.459 e. The summed E-state index contributed by atoms with van der Waals surface area (Å²) in [5, 5.41) is 0.0399. The number of hydrogen-bond acceptors (Lipinski definition) is 7. The van der Waals surface area contributed by atoms with Gasteiger partial charge in [0.1, 0.15) is 19.3 Å². The van der Waals surface area contributed by atoms with Gasteiger partial charge in [-0.05, 0) is 12.8 Å². The van der Waals surface area contributed by atoms with Crippen molar-refractivity contribution in [2.45, 2.75) is 123 Å². The van der Waals surface area contributed by atoms with E-state index in [9.17, 15) is 19.0 Å². The first kappa shape index (κ1) is 37.6. The van der Waals surface area contributed by atoms with Gasteiger partial charge in [0.25, 0.3) is 0 Å². The number of hydrogen-bond donors (Lipinski definition) is 1. The van der Waals surface area contributed by atoms with Gasteiger partial charge < -0.3 is 14.1 Å². The van der Waals surface area contributed by atoms with E-state index in [4.69, 9.17) is 13.8 Å². The number of nitrogens with zero attached hydrogens (tertiary/aromatic N) is 1. The van der Waals surface area contributed by atoms with Crippen LogP contribution in [-0.2, 0) is 27.9 Å². The number of esters is 1. The first-order valence-corrected chi connectivity index (χ1v) is 17.2. The summed E-state index contributed by atoms with van der Waals surface area (Å²) in [5.74, 6) is -0.178. The summed E-state index contributed by atoms with van der Waals surface area (Å²) in [7, 11) is 1.56. The lowest BCUT2D eigenvalue weighted by atomic mass is 10.1. The van der Waals surface area contributed by atoms with E-state index < -0.39 is 13.9 Å². The van der Waals surface area contributed by atoms with Gasteiger partial charge in [-0.3, -0.25) is 18.6 Å². The summed E-state index contributed by atoms with van der Waals surface area (Å²) in [6.45, 7) is 4.68. The van der Waals surface area contributed by atoms with Crippen LogP contribution in [0.2, 0.25) is 0 Å². The van der Waals surface area contributed by atoms with Crippen molar-refractivity contribution in [1.82, 2.24) is 0 Å². The molecule has 0 saturated carbocycles. The van der Waals surface area contributed by atoms with Crippen LogP contribution in [0.15, 0.2) is 0 Å². The second kappa shape index (κ2) is 23.3. The zero-order valence-electron chi connectivity index (χ0n) is 24.9. The molecule has 38 heavy (non-hydrogen) atoms. The van der Waals surface area contributed by atoms with Crippen LogP contribution in [0.5, 0.6) is 0 Å². The lowest BCUT2D eigenvalue weighted by Gasteiger charge is -2.24. The maximum atomic E-state index is 12.4. The van der Waals surface area contributed by atoms with Crippen LogP contribution in [0.25, 0.3) is 0 Å². The molecule has 0 saturated heterocycles. The van der Waals surface area contributed by atoms with Crippen molar-refractivity contribution in [2.75, 3.05) is 46.7 Å². The van der Waals surface area contributed by atoms with E-state index in [1.54, 1.807) is 0 Å². The van der Waals surface area contributed by atoms with Crippen LogP contribution in [0, 0.1) is 0 Å². The number of phosphoric ester groups is 1. The molecule has 0 bridgehead atoms. The molecule has 2 unspecified atom stereocenters. The van der Waals surface area contributed by atoms with Crippen molar-refractivity contribution in [1.29, 1.82) is 0 Å². The average Bonchev–Trinajstić information content (AvgIpc) is 2.83. The van der Waals surface area contributed by atoms with Crippen LogP contribution in [0.4, 0.5) is 0 Å². The highest BCUT2D eigenvalue weighted by Crippen LogP contribution is 2.43. The molecule has 0 aromatic heterocycles. The third-order valence-electron chi connectivity index (χ3n) is 6.14. The fourth-order valence-electron chi connectivity index (χ4n) is 3.72. The summed E-state index contributed by atoms with van der Waals surface area (Å²) >= 11 is 1.10. The Kier molecular flexibility index (Phi) is 23.0. The third kappa shape index (κ3) is 25.8. The third-order valence-corrected chi connectivity index (χ3v) is 8.19. The fraction of sp³-hybridized carbons (Fsp3) is 0.929. The van der Waals surface area contributed by atoms with E-state index >= 15 is 0 Å². The summed E-state index contributed by atoms with van der Waals surface area (Å²) in [6.07, 6.45) is 15.6. The standard InChI is InChI=1S/C28H56NO7PS/c1-6-8-10-12-14-16-18-20-27(30)36-26(24-35-37(32,33)34-23-22-29(3,4)5)25-38-28(31)21-19-17-15-13-11-9-7-2/h26H,6-25H2,1-5H3/p+1. The van der Waals surface area contributed by atoms with Crippen LogP contribution in [0.3, 0.4) is 0 Å².